The summed E-state index contributed by atoms with van der Waals surface area (Å²) in [6.45, 7) is 4.60. The lowest BCUT2D eigenvalue weighted by Crippen LogP contribution is -2.46. The topological polar surface area (TPSA) is 26.8 Å². The van der Waals surface area contributed by atoms with Crippen LogP contribution in [0.2, 0.25) is 5.02 Å². The second-order valence-corrected chi connectivity index (χ2v) is 8.46. The number of hydrogen-bond acceptors (Lipinski definition) is 3. The monoisotopic (exact) mass is 451 g/mol. The summed E-state index contributed by atoms with van der Waals surface area (Å²) in [5.41, 5.74) is 1.90. The van der Waals surface area contributed by atoms with Crippen LogP contribution in [0.4, 0.5) is 24.5 Å². The van der Waals surface area contributed by atoms with Gasteiger partial charge in [-0.05, 0) is 49.2 Å². The summed E-state index contributed by atoms with van der Waals surface area (Å²) < 4.78 is 39.3. The third-order valence-electron chi connectivity index (χ3n) is 6.02. The Hall–Kier alpha value is -2.25. The van der Waals surface area contributed by atoms with E-state index in [0.29, 0.717) is 25.2 Å². The van der Waals surface area contributed by atoms with Crippen LogP contribution in [0.5, 0.6) is 0 Å². The van der Waals surface area contributed by atoms with Gasteiger partial charge >= 0.3 is 6.18 Å². The number of halogens is 4. The number of carbonyl (C=O) groups excluding carboxylic acids is 1. The van der Waals surface area contributed by atoms with Crippen LogP contribution >= 0.6 is 11.6 Å². The number of fused-ring (bicyclic) bond motifs is 1. The third-order valence-corrected chi connectivity index (χ3v) is 6.35. The van der Waals surface area contributed by atoms with Crippen LogP contribution in [0.25, 0.3) is 0 Å². The van der Waals surface area contributed by atoms with E-state index in [2.05, 4.69) is 4.90 Å². The van der Waals surface area contributed by atoms with Crippen molar-refractivity contribution in [2.24, 2.45) is 0 Å². The normalized spacial score (nSPS) is 17.4. The SMILES string of the molecule is O=C1Cc2ccccc2N1CCCCN1CCN(c2ccc(Cl)c(C(F)(F)F)c2)CC1. The van der Waals surface area contributed by atoms with Crippen LogP contribution in [-0.2, 0) is 17.4 Å². The average molecular weight is 452 g/mol. The van der Waals surface area contributed by atoms with E-state index in [4.69, 9.17) is 11.6 Å². The quantitative estimate of drug-likeness (QED) is 0.587. The summed E-state index contributed by atoms with van der Waals surface area (Å²) in [4.78, 5) is 18.4. The fraction of sp³-hybridized carbons (Fsp3) is 0.435. The number of alkyl halides is 3. The molecule has 2 heterocycles. The molecule has 31 heavy (non-hydrogen) atoms. The fourth-order valence-electron chi connectivity index (χ4n) is 4.32. The number of amides is 1. The number of benzene rings is 2. The number of carbonyl (C=O) groups is 1. The van der Waals surface area contributed by atoms with Crippen molar-refractivity contribution in [2.75, 3.05) is 49.1 Å². The smallest absolute Gasteiger partial charge is 0.369 e. The van der Waals surface area contributed by atoms with Crippen LogP contribution in [0.1, 0.15) is 24.0 Å². The number of unbranched alkanes of at least 4 members (excludes halogenated alkanes) is 1. The Kier molecular flexibility index (Phi) is 6.44. The Morgan fingerprint density at radius 1 is 0.935 bits per heavy atom. The van der Waals surface area contributed by atoms with Crippen molar-refractivity contribution in [1.82, 2.24) is 4.90 Å². The first-order valence-corrected chi connectivity index (χ1v) is 10.9. The Bertz CT molecular complexity index is 942. The minimum absolute atomic E-state index is 0.163. The minimum atomic E-state index is -4.45. The van der Waals surface area contributed by atoms with E-state index < -0.39 is 11.7 Å². The van der Waals surface area contributed by atoms with Crippen molar-refractivity contribution in [3.8, 4) is 0 Å². The Morgan fingerprint density at radius 2 is 1.65 bits per heavy atom. The van der Waals surface area contributed by atoms with E-state index in [1.165, 1.54) is 6.07 Å². The van der Waals surface area contributed by atoms with Gasteiger partial charge in [0.2, 0.25) is 5.91 Å². The molecule has 0 saturated carbocycles. The second kappa shape index (κ2) is 9.09. The van der Waals surface area contributed by atoms with E-state index in [1.807, 2.05) is 34.1 Å². The molecule has 1 fully saturated rings. The summed E-state index contributed by atoms with van der Waals surface area (Å²) in [7, 11) is 0. The molecule has 2 aliphatic heterocycles. The maximum atomic E-state index is 13.1. The molecule has 4 nitrogen and oxygen atoms in total. The van der Waals surface area contributed by atoms with Gasteiger partial charge in [-0.1, -0.05) is 29.8 Å². The molecule has 0 spiro atoms. The first-order valence-electron chi connectivity index (χ1n) is 10.6. The van der Waals surface area contributed by atoms with Gasteiger partial charge in [0, 0.05) is 44.1 Å². The number of anilines is 2. The molecule has 2 aromatic rings. The maximum Gasteiger partial charge on any atom is 0.417 e. The zero-order valence-electron chi connectivity index (χ0n) is 17.2. The van der Waals surface area contributed by atoms with Gasteiger partial charge < -0.3 is 9.80 Å². The molecule has 0 N–H and O–H groups in total. The molecular formula is C23H25ClF3N3O. The standard InChI is InChI=1S/C23H25ClF3N3O/c24-20-8-7-18(16-19(20)23(25,26)27)29-13-11-28(12-14-29)9-3-4-10-30-21-6-2-1-5-17(21)15-22(30)31/h1-2,5-8,16H,3-4,9-15H2. The lowest BCUT2D eigenvalue weighted by atomic mass is 10.1. The number of nitrogens with zero attached hydrogens (tertiary/aromatic N) is 3. The van der Waals surface area contributed by atoms with Crippen molar-refractivity contribution < 1.29 is 18.0 Å². The number of hydrogen-bond donors (Lipinski definition) is 0. The Balaban J connectivity index is 1.23. The zero-order chi connectivity index (χ0) is 22.0. The Labute approximate surface area is 185 Å². The lowest BCUT2D eigenvalue weighted by molar-refractivity contribution is -0.137. The highest BCUT2D eigenvalue weighted by molar-refractivity contribution is 6.31. The maximum absolute atomic E-state index is 13.1. The predicted molar refractivity (Wildman–Crippen MR) is 117 cm³/mol. The fourth-order valence-corrected chi connectivity index (χ4v) is 4.55. The third kappa shape index (κ3) is 4.99. The van der Waals surface area contributed by atoms with Gasteiger partial charge in [0.15, 0.2) is 0 Å². The molecule has 2 aliphatic rings. The van der Waals surface area contributed by atoms with Crippen molar-refractivity contribution in [3.63, 3.8) is 0 Å². The van der Waals surface area contributed by atoms with Crippen molar-refractivity contribution in [2.45, 2.75) is 25.4 Å². The molecule has 0 radical (unpaired) electrons. The molecule has 0 aliphatic carbocycles. The lowest BCUT2D eigenvalue weighted by Gasteiger charge is -2.36. The van der Waals surface area contributed by atoms with E-state index in [-0.39, 0.29) is 10.9 Å². The molecular weight excluding hydrogens is 427 g/mol. The highest BCUT2D eigenvalue weighted by Gasteiger charge is 2.34. The van der Waals surface area contributed by atoms with Crippen LogP contribution in [0, 0.1) is 0 Å². The average Bonchev–Trinajstić information content (AvgIpc) is 3.06. The van der Waals surface area contributed by atoms with E-state index >= 15 is 0 Å². The van der Waals surface area contributed by atoms with Crippen LogP contribution in [0.15, 0.2) is 42.5 Å². The van der Waals surface area contributed by atoms with Gasteiger partial charge in [-0.3, -0.25) is 9.69 Å². The molecule has 0 bridgehead atoms. The summed E-state index contributed by atoms with van der Waals surface area (Å²) in [6, 6.07) is 12.0. The van der Waals surface area contributed by atoms with Gasteiger partial charge in [-0.25, -0.2) is 0 Å². The summed E-state index contributed by atoms with van der Waals surface area (Å²) in [5.74, 6) is 0.163. The minimum Gasteiger partial charge on any atom is -0.369 e. The molecule has 0 unspecified atom stereocenters. The molecule has 2 aromatic carbocycles. The van der Waals surface area contributed by atoms with Crippen molar-refractivity contribution in [3.05, 3.63) is 58.6 Å². The molecule has 1 amide bonds. The number of piperazine rings is 1. The van der Waals surface area contributed by atoms with Crippen molar-refractivity contribution in [1.29, 1.82) is 0 Å². The molecule has 8 heteroatoms. The summed E-state index contributed by atoms with van der Waals surface area (Å²) in [5, 5.41) is -0.269. The number of para-hydroxylation sites is 1. The van der Waals surface area contributed by atoms with Crippen LogP contribution in [-0.4, -0.2) is 50.1 Å². The molecule has 1 saturated heterocycles. The molecule has 0 aromatic heterocycles. The largest absolute Gasteiger partial charge is 0.417 e. The van der Waals surface area contributed by atoms with Gasteiger partial charge in [-0.15, -0.1) is 0 Å². The van der Waals surface area contributed by atoms with E-state index in [1.54, 1.807) is 6.07 Å². The molecule has 4 rings (SSSR count). The first-order chi connectivity index (χ1) is 14.8. The number of rotatable bonds is 6. The molecule has 166 valence electrons. The summed E-state index contributed by atoms with van der Waals surface area (Å²) in [6.07, 6.45) is -2.07. The highest BCUT2D eigenvalue weighted by Crippen LogP contribution is 2.37. The van der Waals surface area contributed by atoms with E-state index in [9.17, 15) is 18.0 Å². The molecule has 0 atom stereocenters. The second-order valence-electron chi connectivity index (χ2n) is 8.05. The van der Waals surface area contributed by atoms with Crippen LogP contribution in [0.3, 0.4) is 0 Å². The highest BCUT2D eigenvalue weighted by atomic mass is 35.5. The zero-order valence-corrected chi connectivity index (χ0v) is 17.9. The predicted octanol–water partition coefficient (Wildman–Crippen LogP) is 4.85. The van der Waals surface area contributed by atoms with Crippen molar-refractivity contribution >= 4 is 28.9 Å². The van der Waals surface area contributed by atoms with Gasteiger partial charge in [0.05, 0.1) is 17.0 Å². The van der Waals surface area contributed by atoms with Gasteiger partial charge in [-0.2, -0.15) is 13.2 Å². The summed E-state index contributed by atoms with van der Waals surface area (Å²) >= 11 is 5.73. The van der Waals surface area contributed by atoms with Gasteiger partial charge in [0.25, 0.3) is 0 Å². The Morgan fingerprint density at radius 3 is 2.39 bits per heavy atom. The van der Waals surface area contributed by atoms with Crippen LogP contribution < -0.4 is 9.80 Å². The van der Waals surface area contributed by atoms with E-state index in [0.717, 1.165) is 56.3 Å². The van der Waals surface area contributed by atoms with Gasteiger partial charge in [0.1, 0.15) is 0 Å². The first kappa shape index (κ1) is 22.0.